The molecule has 0 radical (unpaired) electrons. The van der Waals surface area contributed by atoms with Crippen LogP contribution in [0.1, 0.15) is 21.5 Å². The molecule has 9 heteroatoms. The first-order chi connectivity index (χ1) is 18.3. The Morgan fingerprint density at radius 3 is 2.03 bits per heavy atom. The lowest BCUT2D eigenvalue weighted by atomic mass is 10.0. The molecule has 1 saturated heterocycles. The van der Waals surface area contributed by atoms with Gasteiger partial charge in [0.15, 0.2) is 12.2 Å². The average molecular weight is 515 g/mol. The van der Waals surface area contributed by atoms with Crippen molar-refractivity contribution in [3.05, 3.63) is 102 Å². The van der Waals surface area contributed by atoms with E-state index >= 15 is 0 Å². The van der Waals surface area contributed by atoms with Crippen molar-refractivity contribution in [1.29, 1.82) is 0 Å². The Labute approximate surface area is 221 Å². The number of anilines is 1. The minimum Gasteiger partial charge on any atom is -0.349 e. The SMILES string of the molecule is CN(C)C(=O)[C@H](Cc1ccccc1)NC(=O)[C@H]1O[C@@H]1C(=O)Nc1ccc(CNC(=O)c2ccccc2)cc1. The number of epoxide rings is 1. The Kier molecular flexibility index (Phi) is 8.50. The lowest BCUT2D eigenvalue weighted by Crippen LogP contribution is -2.49. The maximum absolute atomic E-state index is 12.8. The summed E-state index contributed by atoms with van der Waals surface area (Å²) < 4.78 is 5.34. The van der Waals surface area contributed by atoms with Gasteiger partial charge in [0.05, 0.1) is 0 Å². The molecule has 38 heavy (non-hydrogen) atoms. The highest BCUT2D eigenvalue weighted by Crippen LogP contribution is 2.24. The quantitative estimate of drug-likeness (QED) is 0.358. The van der Waals surface area contributed by atoms with E-state index in [9.17, 15) is 19.2 Å². The number of hydrogen-bond acceptors (Lipinski definition) is 5. The van der Waals surface area contributed by atoms with Crippen LogP contribution in [-0.4, -0.2) is 60.9 Å². The van der Waals surface area contributed by atoms with Crippen LogP contribution < -0.4 is 16.0 Å². The van der Waals surface area contributed by atoms with E-state index in [1.54, 1.807) is 62.6 Å². The van der Waals surface area contributed by atoms with Crippen LogP contribution in [0, 0.1) is 0 Å². The van der Waals surface area contributed by atoms with Crippen LogP contribution in [-0.2, 0) is 32.1 Å². The van der Waals surface area contributed by atoms with Crippen molar-refractivity contribution in [1.82, 2.24) is 15.5 Å². The van der Waals surface area contributed by atoms with Crippen molar-refractivity contribution in [2.24, 2.45) is 0 Å². The van der Waals surface area contributed by atoms with Gasteiger partial charge in [-0.1, -0.05) is 60.7 Å². The molecule has 9 nitrogen and oxygen atoms in total. The fourth-order valence-corrected chi connectivity index (χ4v) is 3.92. The summed E-state index contributed by atoms with van der Waals surface area (Å²) in [6, 6.07) is 24.5. The molecule has 0 spiro atoms. The summed E-state index contributed by atoms with van der Waals surface area (Å²) in [4.78, 5) is 51.6. The Morgan fingerprint density at radius 1 is 0.789 bits per heavy atom. The molecule has 4 rings (SSSR count). The summed E-state index contributed by atoms with van der Waals surface area (Å²) in [7, 11) is 3.25. The van der Waals surface area contributed by atoms with Crippen molar-refractivity contribution < 1.29 is 23.9 Å². The van der Waals surface area contributed by atoms with Gasteiger partial charge in [0.1, 0.15) is 6.04 Å². The minimum atomic E-state index is -0.962. The minimum absolute atomic E-state index is 0.170. The normalized spacial score (nSPS) is 16.6. The van der Waals surface area contributed by atoms with Crippen molar-refractivity contribution >= 4 is 29.3 Å². The first-order valence-corrected chi connectivity index (χ1v) is 12.3. The Morgan fingerprint density at radius 2 is 1.39 bits per heavy atom. The fraction of sp³-hybridized carbons (Fsp3) is 0.241. The number of nitrogens with zero attached hydrogens (tertiary/aromatic N) is 1. The van der Waals surface area contributed by atoms with Crippen LogP contribution in [0.2, 0.25) is 0 Å². The summed E-state index contributed by atoms with van der Waals surface area (Å²) in [5.41, 5.74) is 2.88. The molecule has 0 bridgehead atoms. The van der Waals surface area contributed by atoms with Gasteiger partial charge in [-0.15, -0.1) is 0 Å². The van der Waals surface area contributed by atoms with Gasteiger partial charge >= 0.3 is 0 Å². The Balaban J connectivity index is 1.26. The third-order valence-corrected chi connectivity index (χ3v) is 6.06. The zero-order chi connectivity index (χ0) is 27.1. The standard InChI is InChI=1S/C29H30N4O5/c1-33(2)29(37)23(17-19-9-5-3-6-10-19)32-28(36)25-24(38-25)27(35)31-22-15-13-20(14-16-22)18-30-26(34)21-11-7-4-8-12-21/h3-16,23-25H,17-18H2,1-2H3,(H,30,34)(H,31,35)(H,32,36)/t23-,24-,25-/m0/s1. The molecular weight excluding hydrogens is 484 g/mol. The van der Waals surface area contributed by atoms with Crippen molar-refractivity contribution in [3.8, 4) is 0 Å². The number of likely N-dealkylation sites (N-methyl/N-ethyl adjacent to an activating group) is 1. The van der Waals surface area contributed by atoms with Crippen LogP contribution in [0.5, 0.6) is 0 Å². The summed E-state index contributed by atoms with van der Waals surface area (Å²) >= 11 is 0. The molecule has 1 fully saturated rings. The van der Waals surface area contributed by atoms with Gasteiger partial charge in [-0.25, -0.2) is 0 Å². The van der Waals surface area contributed by atoms with Crippen molar-refractivity contribution in [2.75, 3.05) is 19.4 Å². The second-order valence-corrected chi connectivity index (χ2v) is 9.20. The number of hydrogen-bond donors (Lipinski definition) is 3. The molecular formula is C29H30N4O5. The van der Waals surface area contributed by atoms with Crippen molar-refractivity contribution in [3.63, 3.8) is 0 Å². The summed E-state index contributed by atoms with van der Waals surface area (Å²) in [6.45, 7) is 0.339. The maximum Gasteiger partial charge on any atom is 0.256 e. The molecule has 3 aromatic rings. The van der Waals surface area contributed by atoms with Crippen LogP contribution in [0.3, 0.4) is 0 Å². The lowest BCUT2D eigenvalue weighted by Gasteiger charge is -2.21. The number of ether oxygens (including phenoxy) is 1. The maximum atomic E-state index is 12.8. The molecule has 0 aromatic heterocycles. The largest absolute Gasteiger partial charge is 0.349 e. The van der Waals surface area contributed by atoms with Crippen molar-refractivity contribution in [2.45, 2.75) is 31.2 Å². The first kappa shape index (κ1) is 26.6. The van der Waals surface area contributed by atoms with Crippen LogP contribution in [0.15, 0.2) is 84.9 Å². The average Bonchev–Trinajstić information content (AvgIpc) is 3.74. The molecule has 0 aliphatic carbocycles. The second kappa shape index (κ2) is 12.2. The van der Waals surface area contributed by atoms with Gasteiger partial charge in [0.25, 0.3) is 17.7 Å². The van der Waals surface area contributed by atoms with E-state index in [2.05, 4.69) is 16.0 Å². The molecule has 1 heterocycles. The molecule has 4 amide bonds. The molecule has 1 aliphatic heterocycles. The number of benzene rings is 3. The fourth-order valence-electron chi connectivity index (χ4n) is 3.92. The van der Waals surface area contributed by atoms with Gasteiger partial charge in [0, 0.05) is 38.3 Å². The monoisotopic (exact) mass is 514 g/mol. The summed E-state index contributed by atoms with van der Waals surface area (Å²) in [5, 5.41) is 8.31. The van der Waals surface area contributed by atoms with Crippen LogP contribution in [0.25, 0.3) is 0 Å². The third-order valence-electron chi connectivity index (χ3n) is 6.06. The zero-order valence-corrected chi connectivity index (χ0v) is 21.2. The van der Waals surface area contributed by atoms with Gasteiger partial charge in [-0.3, -0.25) is 19.2 Å². The number of rotatable bonds is 10. The van der Waals surface area contributed by atoms with Crippen LogP contribution >= 0.6 is 0 Å². The predicted molar refractivity (Wildman–Crippen MR) is 142 cm³/mol. The number of carbonyl (C=O) groups is 4. The van der Waals surface area contributed by atoms with E-state index in [-0.39, 0.29) is 11.8 Å². The molecule has 196 valence electrons. The Hall–Kier alpha value is -4.50. The summed E-state index contributed by atoms with van der Waals surface area (Å²) in [6.07, 6.45) is -1.58. The highest BCUT2D eigenvalue weighted by molar-refractivity contribution is 6.02. The number of nitrogens with one attached hydrogen (secondary N) is 3. The highest BCUT2D eigenvalue weighted by Gasteiger charge is 2.51. The van der Waals surface area contributed by atoms with Gasteiger partial charge in [0.2, 0.25) is 5.91 Å². The molecule has 3 N–H and O–H groups in total. The van der Waals surface area contributed by atoms with Gasteiger partial charge in [-0.2, -0.15) is 0 Å². The van der Waals surface area contributed by atoms with E-state index in [4.69, 9.17) is 4.74 Å². The molecule has 3 atom stereocenters. The van der Waals surface area contributed by atoms with E-state index in [0.717, 1.165) is 11.1 Å². The second-order valence-electron chi connectivity index (χ2n) is 9.20. The van der Waals surface area contributed by atoms with E-state index in [0.29, 0.717) is 24.2 Å². The molecule has 3 aromatic carbocycles. The van der Waals surface area contributed by atoms with E-state index < -0.39 is 30.1 Å². The topological polar surface area (TPSA) is 120 Å². The first-order valence-electron chi connectivity index (χ1n) is 12.3. The zero-order valence-electron chi connectivity index (χ0n) is 21.2. The smallest absolute Gasteiger partial charge is 0.256 e. The highest BCUT2D eigenvalue weighted by atomic mass is 16.6. The van der Waals surface area contributed by atoms with Crippen LogP contribution in [0.4, 0.5) is 5.69 Å². The predicted octanol–water partition coefficient (Wildman–Crippen LogP) is 2.14. The number of amides is 4. The van der Waals surface area contributed by atoms with E-state index in [1.807, 2.05) is 36.4 Å². The lowest BCUT2D eigenvalue weighted by molar-refractivity contribution is -0.134. The third kappa shape index (κ3) is 7.04. The molecule has 1 aliphatic rings. The number of carbonyl (C=O) groups excluding carboxylic acids is 4. The molecule has 0 saturated carbocycles. The van der Waals surface area contributed by atoms with Gasteiger partial charge in [-0.05, 0) is 35.4 Å². The van der Waals surface area contributed by atoms with E-state index in [1.165, 1.54) is 4.90 Å². The Bertz CT molecular complexity index is 1280. The molecule has 0 unspecified atom stereocenters. The summed E-state index contributed by atoms with van der Waals surface area (Å²) in [5.74, 6) is -1.38. The van der Waals surface area contributed by atoms with Gasteiger partial charge < -0.3 is 25.6 Å².